The number of para-hydroxylation sites is 1. The summed E-state index contributed by atoms with van der Waals surface area (Å²) in [7, 11) is 0. The number of hydrogen-bond donors (Lipinski definition) is 3. The van der Waals surface area contributed by atoms with Crippen molar-refractivity contribution >= 4 is 16.7 Å². The average molecular weight is 549 g/mol. The van der Waals surface area contributed by atoms with Crippen LogP contribution in [0.25, 0.3) is 10.8 Å². The van der Waals surface area contributed by atoms with Gasteiger partial charge in [0.1, 0.15) is 5.56 Å². The van der Waals surface area contributed by atoms with Gasteiger partial charge in [0.2, 0.25) is 0 Å². The predicted molar refractivity (Wildman–Crippen MR) is 164 cm³/mol. The number of phenols is 3. The van der Waals surface area contributed by atoms with E-state index >= 15 is 0 Å². The fourth-order valence-corrected chi connectivity index (χ4v) is 5.47. The Labute approximate surface area is 240 Å². The number of hydrogen-bond acceptors (Lipinski definition) is 5. The quantitative estimate of drug-likeness (QED) is 0.0637. The number of carbonyl (C=O) groups excluding carboxylic acids is 1. The fraction of sp³-hybridized carbons (Fsp3) is 0.514. The second-order valence-corrected chi connectivity index (χ2v) is 11.0. The molecule has 5 heteroatoms. The smallest absolute Gasteiger partial charge is 0.348 e. The zero-order valence-corrected chi connectivity index (χ0v) is 24.5. The Balaban J connectivity index is 1.64. The number of aromatic hydroxyl groups is 3. The molecule has 0 amide bonds. The molecule has 3 rings (SSSR count). The Morgan fingerprint density at radius 3 is 1.80 bits per heavy atom. The molecule has 0 aromatic heterocycles. The van der Waals surface area contributed by atoms with Crippen LogP contribution in [0, 0.1) is 0 Å². The third kappa shape index (κ3) is 8.64. The number of esters is 1. The third-order valence-electron chi connectivity index (χ3n) is 7.84. The Hall–Kier alpha value is -3.21. The van der Waals surface area contributed by atoms with Gasteiger partial charge in [-0.05, 0) is 42.7 Å². The van der Waals surface area contributed by atoms with Gasteiger partial charge in [0.05, 0.1) is 0 Å². The van der Waals surface area contributed by atoms with Crippen molar-refractivity contribution < 1.29 is 24.9 Å². The summed E-state index contributed by atoms with van der Waals surface area (Å²) >= 11 is 0. The van der Waals surface area contributed by atoms with Crippen LogP contribution in [-0.4, -0.2) is 21.3 Å². The van der Waals surface area contributed by atoms with E-state index in [9.17, 15) is 20.1 Å². The zero-order chi connectivity index (χ0) is 28.7. The molecule has 0 radical (unpaired) electrons. The lowest BCUT2D eigenvalue weighted by atomic mass is 9.94. The molecule has 0 fully saturated rings. The maximum atomic E-state index is 13.3. The number of phenolic OH excluding ortho intramolecular Hbond substituents is 3. The molecule has 0 bridgehead atoms. The van der Waals surface area contributed by atoms with Crippen LogP contribution in [-0.2, 0) is 12.8 Å². The summed E-state index contributed by atoms with van der Waals surface area (Å²) in [5.41, 5.74) is 1.29. The lowest BCUT2D eigenvalue weighted by Gasteiger charge is -2.16. The minimum absolute atomic E-state index is 0.0488. The Morgan fingerprint density at radius 2 is 1.15 bits per heavy atom. The highest BCUT2D eigenvalue weighted by molar-refractivity contribution is 6.10. The van der Waals surface area contributed by atoms with E-state index in [0.29, 0.717) is 23.8 Å². The summed E-state index contributed by atoms with van der Waals surface area (Å²) in [6.07, 6.45) is 17.8. The van der Waals surface area contributed by atoms with Gasteiger partial charge in [0, 0.05) is 10.9 Å². The first kappa shape index (κ1) is 31.3. The summed E-state index contributed by atoms with van der Waals surface area (Å²) in [6.45, 7) is 4.38. The van der Waals surface area contributed by atoms with E-state index in [-0.39, 0.29) is 22.8 Å². The van der Waals surface area contributed by atoms with Gasteiger partial charge in [0.25, 0.3) is 0 Å². The second kappa shape index (κ2) is 16.8. The van der Waals surface area contributed by atoms with Crippen molar-refractivity contribution in [2.45, 2.75) is 117 Å². The standard InChI is InChI=1S/C35H48O5/c1-3-5-7-9-10-11-12-13-14-15-20-26-21-19-25-30(32(26)36)40-35(39)31-28-23-18-17-22-27(28)29(33(37)34(31)38)24-16-8-6-4-2/h17-19,21-23,25,36-38H,3-16,20,24H2,1-2H3. The number of aryl methyl sites for hydroxylation is 2. The van der Waals surface area contributed by atoms with Gasteiger partial charge in [-0.25, -0.2) is 4.79 Å². The molecular formula is C35H48O5. The predicted octanol–water partition coefficient (Wildman–Crippen LogP) is 9.76. The zero-order valence-electron chi connectivity index (χ0n) is 24.5. The van der Waals surface area contributed by atoms with Crippen molar-refractivity contribution in [3.05, 3.63) is 59.2 Å². The number of rotatable bonds is 18. The van der Waals surface area contributed by atoms with Gasteiger partial charge in [-0.15, -0.1) is 0 Å². The topological polar surface area (TPSA) is 87.0 Å². The molecule has 0 saturated carbocycles. The van der Waals surface area contributed by atoms with Crippen LogP contribution in [0.3, 0.4) is 0 Å². The molecule has 3 aromatic carbocycles. The molecule has 0 heterocycles. The van der Waals surface area contributed by atoms with Crippen molar-refractivity contribution in [1.82, 2.24) is 0 Å². The van der Waals surface area contributed by atoms with Crippen molar-refractivity contribution in [2.24, 2.45) is 0 Å². The van der Waals surface area contributed by atoms with Crippen LogP contribution >= 0.6 is 0 Å². The molecular weight excluding hydrogens is 500 g/mol. The van der Waals surface area contributed by atoms with E-state index in [2.05, 4.69) is 13.8 Å². The van der Waals surface area contributed by atoms with Gasteiger partial charge in [-0.3, -0.25) is 0 Å². The van der Waals surface area contributed by atoms with Crippen LogP contribution in [0.2, 0.25) is 0 Å². The summed E-state index contributed by atoms with van der Waals surface area (Å²) in [5.74, 6) is -1.56. The molecule has 5 nitrogen and oxygen atoms in total. The first-order valence-electron chi connectivity index (χ1n) is 15.5. The molecule has 0 atom stereocenters. The van der Waals surface area contributed by atoms with Crippen LogP contribution in [0.4, 0.5) is 0 Å². The Morgan fingerprint density at radius 1 is 0.600 bits per heavy atom. The minimum Gasteiger partial charge on any atom is -0.504 e. The average Bonchev–Trinajstić information content (AvgIpc) is 2.95. The Bertz CT molecular complexity index is 1220. The van der Waals surface area contributed by atoms with Gasteiger partial charge >= 0.3 is 5.97 Å². The molecule has 0 spiro atoms. The Kier molecular flexibility index (Phi) is 13.1. The molecule has 218 valence electrons. The summed E-state index contributed by atoms with van der Waals surface area (Å²) in [5, 5.41) is 33.9. The van der Waals surface area contributed by atoms with E-state index in [1.807, 2.05) is 18.2 Å². The summed E-state index contributed by atoms with van der Waals surface area (Å²) in [6, 6.07) is 12.4. The van der Waals surface area contributed by atoms with E-state index in [1.54, 1.807) is 24.3 Å². The first-order valence-corrected chi connectivity index (χ1v) is 15.5. The summed E-state index contributed by atoms with van der Waals surface area (Å²) in [4.78, 5) is 13.3. The SMILES string of the molecule is CCCCCCCCCCCCc1cccc(OC(=O)c2c(O)c(O)c(CCCCCC)c3ccccc23)c1O. The fourth-order valence-electron chi connectivity index (χ4n) is 5.47. The highest BCUT2D eigenvalue weighted by Gasteiger charge is 2.25. The van der Waals surface area contributed by atoms with E-state index in [1.165, 1.54) is 51.4 Å². The molecule has 0 aliphatic carbocycles. The number of benzene rings is 3. The third-order valence-corrected chi connectivity index (χ3v) is 7.84. The summed E-state index contributed by atoms with van der Waals surface area (Å²) < 4.78 is 5.61. The lowest BCUT2D eigenvalue weighted by Crippen LogP contribution is -2.11. The van der Waals surface area contributed by atoms with Gasteiger partial charge in [0.15, 0.2) is 23.0 Å². The molecule has 0 aliphatic heterocycles. The highest BCUT2D eigenvalue weighted by atomic mass is 16.5. The van der Waals surface area contributed by atoms with Crippen LogP contribution in [0.5, 0.6) is 23.0 Å². The van der Waals surface area contributed by atoms with Crippen molar-refractivity contribution in [1.29, 1.82) is 0 Å². The number of ether oxygens (including phenoxy) is 1. The molecule has 3 aromatic rings. The molecule has 0 saturated heterocycles. The largest absolute Gasteiger partial charge is 0.504 e. The maximum Gasteiger partial charge on any atom is 0.348 e. The van der Waals surface area contributed by atoms with Crippen molar-refractivity contribution in [3.63, 3.8) is 0 Å². The highest BCUT2D eigenvalue weighted by Crippen LogP contribution is 2.42. The normalized spacial score (nSPS) is 11.2. The van der Waals surface area contributed by atoms with Gasteiger partial charge < -0.3 is 20.1 Å². The van der Waals surface area contributed by atoms with Crippen LogP contribution < -0.4 is 4.74 Å². The van der Waals surface area contributed by atoms with E-state index in [0.717, 1.165) is 49.5 Å². The lowest BCUT2D eigenvalue weighted by molar-refractivity contribution is 0.0728. The van der Waals surface area contributed by atoms with E-state index in [4.69, 9.17) is 4.74 Å². The molecule has 3 N–H and O–H groups in total. The number of carbonyl (C=O) groups is 1. The monoisotopic (exact) mass is 548 g/mol. The van der Waals surface area contributed by atoms with Crippen molar-refractivity contribution in [2.75, 3.05) is 0 Å². The van der Waals surface area contributed by atoms with E-state index < -0.39 is 11.7 Å². The molecule has 0 aliphatic rings. The first-order chi connectivity index (χ1) is 19.5. The minimum atomic E-state index is -0.812. The second-order valence-electron chi connectivity index (χ2n) is 11.0. The van der Waals surface area contributed by atoms with Crippen LogP contribution in [0.1, 0.15) is 125 Å². The number of fused-ring (bicyclic) bond motifs is 1. The van der Waals surface area contributed by atoms with Crippen LogP contribution in [0.15, 0.2) is 42.5 Å². The van der Waals surface area contributed by atoms with Gasteiger partial charge in [-0.1, -0.05) is 127 Å². The maximum absolute atomic E-state index is 13.3. The van der Waals surface area contributed by atoms with Gasteiger partial charge in [-0.2, -0.15) is 0 Å². The molecule has 40 heavy (non-hydrogen) atoms. The molecule has 0 unspecified atom stereocenters. The number of unbranched alkanes of at least 4 members (excludes halogenated alkanes) is 12. The van der Waals surface area contributed by atoms with Crippen molar-refractivity contribution in [3.8, 4) is 23.0 Å².